The fourth-order valence-corrected chi connectivity index (χ4v) is 4.42. The number of hydrogen-bond acceptors (Lipinski definition) is 2. The fraction of sp³-hybridized carbons (Fsp3) is 0.571. The van der Waals surface area contributed by atoms with Crippen molar-refractivity contribution in [1.29, 1.82) is 0 Å². The van der Waals surface area contributed by atoms with Gasteiger partial charge >= 0.3 is 0 Å². The lowest BCUT2D eigenvalue weighted by atomic mass is 9.91. The van der Waals surface area contributed by atoms with Gasteiger partial charge in [-0.1, -0.05) is 33.6 Å². The van der Waals surface area contributed by atoms with E-state index in [1.54, 1.807) is 0 Å². The first kappa shape index (κ1) is 14.7. The van der Waals surface area contributed by atoms with Gasteiger partial charge in [0.15, 0.2) is 0 Å². The molecule has 18 heavy (non-hydrogen) atoms. The summed E-state index contributed by atoms with van der Waals surface area (Å²) in [6, 6.07) is 6.28. The van der Waals surface area contributed by atoms with E-state index in [2.05, 4.69) is 33.8 Å². The van der Waals surface area contributed by atoms with Crippen LogP contribution < -0.4 is 5.73 Å². The summed E-state index contributed by atoms with van der Waals surface area (Å²) in [5.74, 6) is 3.42. The molecule has 0 radical (unpaired) electrons. The van der Waals surface area contributed by atoms with Gasteiger partial charge in [0.05, 0.1) is 0 Å². The van der Waals surface area contributed by atoms with Crippen LogP contribution in [0.15, 0.2) is 22.7 Å². The van der Waals surface area contributed by atoms with Gasteiger partial charge in [0.25, 0.3) is 0 Å². The Bertz CT molecular complexity index is 393. The van der Waals surface area contributed by atoms with Crippen LogP contribution in [0.4, 0.5) is 0 Å². The zero-order valence-corrected chi connectivity index (χ0v) is 13.5. The number of rotatable bonds is 4. The molecule has 1 aromatic carbocycles. The van der Waals surface area contributed by atoms with E-state index in [0.29, 0.717) is 0 Å². The van der Waals surface area contributed by atoms with Gasteiger partial charge in [0, 0.05) is 15.5 Å². The summed E-state index contributed by atoms with van der Waals surface area (Å²) >= 11 is 11.7. The maximum Gasteiger partial charge on any atom is 0.0449 e. The molecule has 1 unspecified atom stereocenters. The van der Waals surface area contributed by atoms with Gasteiger partial charge in [0.1, 0.15) is 0 Å². The van der Waals surface area contributed by atoms with Gasteiger partial charge < -0.3 is 5.73 Å². The van der Waals surface area contributed by atoms with Crippen molar-refractivity contribution in [3.05, 3.63) is 33.3 Å². The van der Waals surface area contributed by atoms with Crippen molar-refractivity contribution in [3.8, 4) is 0 Å². The minimum Gasteiger partial charge on any atom is -0.327 e. The van der Waals surface area contributed by atoms with Crippen LogP contribution in [0.1, 0.15) is 24.8 Å². The van der Waals surface area contributed by atoms with Gasteiger partial charge in [-0.3, -0.25) is 0 Å². The highest BCUT2D eigenvalue weighted by Gasteiger charge is 2.17. The minimum absolute atomic E-state index is 0.233. The maximum atomic E-state index is 6.27. The Morgan fingerprint density at radius 1 is 1.39 bits per heavy atom. The molecule has 1 aromatic rings. The van der Waals surface area contributed by atoms with Crippen molar-refractivity contribution >= 4 is 39.3 Å². The molecule has 2 rings (SSSR count). The smallest absolute Gasteiger partial charge is 0.0449 e. The van der Waals surface area contributed by atoms with Crippen molar-refractivity contribution in [2.24, 2.45) is 11.7 Å². The SMILES string of the molecule is NC(Cc1ccc(Br)cc1Cl)CC1CCSCC1. The summed E-state index contributed by atoms with van der Waals surface area (Å²) in [4.78, 5) is 0. The molecule has 1 heterocycles. The molecule has 1 nitrogen and oxygen atoms in total. The van der Waals surface area contributed by atoms with Gasteiger partial charge in [0.2, 0.25) is 0 Å². The van der Waals surface area contributed by atoms with Gasteiger partial charge in [-0.2, -0.15) is 11.8 Å². The number of halogens is 2. The van der Waals surface area contributed by atoms with Crippen molar-refractivity contribution in [3.63, 3.8) is 0 Å². The quantitative estimate of drug-likeness (QED) is 0.866. The lowest BCUT2D eigenvalue weighted by molar-refractivity contribution is 0.406. The number of thioether (sulfide) groups is 1. The lowest BCUT2D eigenvalue weighted by Gasteiger charge is -2.24. The predicted octanol–water partition coefficient (Wildman–Crippen LogP) is 4.51. The predicted molar refractivity (Wildman–Crippen MR) is 85.5 cm³/mol. The average molecular weight is 349 g/mol. The van der Waals surface area contributed by atoms with Crippen LogP contribution in [0.25, 0.3) is 0 Å². The highest BCUT2D eigenvalue weighted by atomic mass is 79.9. The Morgan fingerprint density at radius 3 is 2.78 bits per heavy atom. The second kappa shape index (κ2) is 7.18. The largest absolute Gasteiger partial charge is 0.327 e. The number of benzene rings is 1. The first-order valence-corrected chi connectivity index (χ1v) is 8.75. The second-order valence-electron chi connectivity index (χ2n) is 4.99. The van der Waals surface area contributed by atoms with Crippen molar-refractivity contribution in [2.45, 2.75) is 31.7 Å². The molecule has 0 saturated carbocycles. The van der Waals surface area contributed by atoms with Crippen LogP contribution in [-0.4, -0.2) is 17.5 Å². The highest BCUT2D eigenvalue weighted by Crippen LogP contribution is 2.28. The van der Waals surface area contributed by atoms with Crippen molar-refractivity contribution < 1.29 is 0 Å². The van der Waals surface area contributed by atoms with Gasteiger partial charge in [-0.25, -0.2) is 0 Å². The Labute approximate surface area is 127 Å². The standard InChI is InChI=1S/C14H19BrClNS/c15-12-2-1-11(14(16)9-12)8-13(17)7-10-3-5-18-6-4-10/h1-2,9-10,13H,3-8,17H2. The molecule has 1 fully saturated rings. The van der Waals surface area contributed by atoms with Crippen LogP contribution in [0.3, 0.4) is 0 Å². The lowest BCUT2D eigenvalue weighted by Crippen LogP contribution is -2.27. The van der Waals surface area contributed by atoms with Crippen LogP contribution in [-0.2, 0) is 6.42 Å². The third kappa shape index (κ3) is 4.44. The monoisotopic (exact) mass is 347 g/mol. The molecule has 4 heteroatoms. The zero-order valence-electron chi connectivity index (χ0n) is 10.4. The van der Waals surface area contributed by atoms with E-state index in [1.807, 2.05) is 12.1 Å². The molecular weight excluding hydrogens is 330 g/mol. The fourth-order valence-electron chi connectivity index (χ4n) is 2.46. The molecule has 0 aromatic heterocycles. The Hall–Kier alpha value is 0.300. The van der Waals surface area contributed by atoms with E-state index in [-0.39, 0.29) is 6.04 Å². The van der Waals surface area contributed by atoms with Crippen molar-refractivity contribution in [1.82, 2.24) is 0 Å². The summed E-state index contributed by atoms with van der Waals surface area (Å²) in [5, 5.41) is 0.819. The Kier molecular flexibility index (Phi) is 5.87. The molecule has 1 aliphatic rings. The first-order chi connectivity index (χ1) is 8.65. The number of hydrogen-bond donors (Lipinski definition) is 1. The third-order valence-corrected chi connectivity index (χ3v) is 5.37. The van der Waals surface area contributed by atoms with E-state index < -0.39 is 0 Å². The maximum absolute atomic E-state index is 6.27. The Morgan fingerprint density at radius 2 is 2.11 bits per heavy atom. The topological polar surface area (TPSA) is 26.0 Å². The second-order valence-corrected chi connectivity index (χ2v) is 7.54. The first-order valence-electron chi connectivity index (χ1n) is 6.42. The molecule has 0 spiro atoms. The van der Waals surface area contributed by atoms with E-state index in [1.165, 1.54) is 24.3 Å². The van der Waals surface area contributed by atoms with E-state index in [9.17, 15) is 0 Å². The van der Waals surface area contributed by atoms with Crippen LogP contribution in [0, 0.1) is 5.92 Å². The van der Waals surface area contributed by atoms with Crippen molar-refractivity contribution in [2.75, 3.05) is 11.5 Å². The van der Waals surface area contributed by atoms with E-state index in [4.69, 9.17) is 17.3 Å². The van der Waals surface area contributed by atoms with Gasteiger partial charge in [-0.15, -0.1) is 0 Å². The minimum atomic E-state index is 0.233. The summed E-state index contributed by atoms with van der Waals surface area (Å²) in [6.45, 7) is 0. The molecule has 100 valence electrons. The highest BCUT2D eigenvalue weighted by molar-refractivity contribution is 9.10. The average Bonchev–Trinajstić information content (AvgIpc) is 2.34. The summed E-state index contributed by atoms with van der Waals surface area (Å²) in [7, 11) is 0. The third-order valence-electron chi connectivity index (χ3n) is 3.47. The molecular formula is C14H19BrClNS. The molecule has 0 amide bonds. The molecule has 0 aliphatic carbocycles. The van der Waals surface area contributed by atoms with Gasteiger partial charge in [-0.05, 0) is 60.8 Å². The van der Waals surface area contributed by atoms with E-state index in [0.717, 1.165) is 33.8 Å². The summed E-state index contributed by atoms with van der Waals surface area (Å²) < 4.78 is 1.02. The molecule has 2 N–H and O–H groups in total. The summed E-state index contributed by atoms with van der Waals surface area (Å²) in [6.07, 6.45) is 4.67. The normalized spacial score (nSPS) is 18.8. The van der Waals surface area contributed by atoms with E-state index >= 15 is 0 Å². The van der Waals surface area contributed by atoms with Crippen LogP contribution >= 0.6 is 39.3 Å². The molecule has 0 bridgehead atoms. The number of nitrogens with two attached hydrogens (primary N) is 1. The Balaban J connectivity index is 1.87. The molecule has 1 atom stereocenters. The molecule has 1 saturated heterocycles. The summed E-state index contributed by atoms with van der Waals surface area (Å²) in [5.41, 5.74) is 7.43. The van der Waals surface area contributed by atoms with Crippen LogP contribution in [0.5, 0.6) is 0 Å². The zero-order chi connectivity index (χ0) is 13.0. The molecule has 1 aliphatic heterocycles. The van der Waals surface area contributed by atoms with Crippen LogP contribution in [0.2, 0.25) is 5.02 Å².